The Hall–Kier alpha value is -2.49. The summed E-state index contributed by atoms with van der Waals surface area (Å²) in [6.07, 6.45) is 4.74. The molecule has 1 atom stereocenters. The number of furan rings is 1. The molecule has 110 valence electrons. The molecule has 0 N–H and O–H groups in total. The van der Waals surface area contributed by atoms with Crippen molar-refractivity contribution in [3.05, 3.63) is 60.1 Å². The Balaban J connectivity index is 2.11. The third-order valence-electron chi connectivity index (χ3n) is 3.45. The van der Waals surface area contributed by atoms with E-state index in [-0.39, 0.29) is 11.9 Å². The van der Waals surface area contributed by atoms with E-state index in [2.05, 4.69) is 0 Å². The molecule has 2 aromatic rings. The molecule has 0 saturated heterocycles. The molecule has 21 heavy (non-hydrogen) atoms. The molecule has 1 unspecified atom stereocenters. The van der Waals surface area contributed by atoms with Crippen molar-refractivity contribution >= 4 is 12.0 Å². The molecule has 1 aromatic carbocycles. The quantitative estimate of drug-likeness (QED) is 0.789. The number of nitrogens with zero attached hydrogens (tertiary/aromatic N) is 1. The monoisotopic (exact) mass is 285 g/mol. The number of rotatable bonds is 5. The number of para-hydroxylation sites is 1. The van der Waals surface area contributed by atoms with Crippen LogP contribution in [0.2, 0.25) is 0 Å². The van der Waals surface area contributed by atoms with Gasteiger partial charge in [-0.15, -0.1) is 0 Å². The highest BCUT2D eigenvalue weighted by molar-refractivity contribution is 5.91. The Morgan fingerprint density at radius 1 is 1.29 bits per heavy atom. The Morgan fingerprint density at radius 3 is 2.71 bits per heavy atom. The number of carbonyl (C=O) groups is 1. The average Bonchev–Trinajstić information content (AvgIpc) is 3.04. The molecule has 0 aliphatic rings. The lowest BCUT2D eigenvalue weighted by atomic mass is 10.1. The molecule has 1 aromatic heterocycles. The molecule has 0 bridgehead atoms. The largest absolute Gasteiger partial charge is 0.496 e. The van der Waals surface area contributed by atoms with E-state index in [1.807, 2.05) is 31.2 Å². The van der Waals surface area contributed by atoms with Gasteiger partial charge in [0.05, 0.1) is 19.4 Å². The molecule has 0 saturated carbocycles. The first-order chi connectivity index (χ1) is 10.1. The van der Waals surface area contributed by atoms with Crippen LogP contribution < -0.4 is 4.74 Å². The molecule has 1 heterocycles. The number of hydrogen-bond donors (Lipinski definition) is 0. The Morgan fingerprint density at radius 2 is 2.05 bits per heavy atom. The lowest BCUT2D eigenvalue weighted by molar-refractivity contribution is -0.126. The van der Waals surface area contributed by atoms with Crippen molar-refractivity contribution in [3.8, 4) is 5.75 Å². The second-order valence-electron chi connectivity index (χ2n) is 4.72. The van der Waals surface area contributed by atoms with E-state index in [0.29, 0.717) is 5.76 Å². The highest BCUT2D eigenvalue weighted by atomic mass is 16.5. The van der Waals surface area contributed by atoms with Gasteiger partial charge >= 0.3 is 0 Å². The van der Waals surface area contributed by atoms with Crippen LogP contribution in [-0.2, 0) is 4.79 Å². The Kier molecular flexibility index (Phi) is 4.82. The highest BCUT2D eigenvalue weighted by Crippen LogP contribution is 2.28. The standard InChI is InChI=1S/C17H19NO3/c1-13(15-8-4-5-9-16(15)20-3)18(2)17(19)11-10-14-7-6-12-21-14/h4-13H,1-3H3/b11-10+. The van der Waals surface area contributed by atoms with Gasteiger partial charge in [-0.1, -0.05) is 18.2 Å². The number of hydrogen-bond acceptors (Lipinski definition) is 3. The summed E-state index contributed by atoms with van der Waals surface area (Å²) in [7, 11) is 3.40. The fourth-order valence-corrected chi connectivity index (χ4v) is 2.07. The summed E-state index contributed by atoms with van der Waals surface area (Å²) in [6, 6.07) is 11.2. The van der Waals surface area contributed by atoms with Crippen LogP contribution in [0, 0.1) is 0 Å². The summed E-state index contributed by atoms with van der Waals surface area (Å²) in [6.45, 7) is 1.97. The molecule has 0 aliphatic heterocycles. The second-order valence-corrected chi connectivity index (χ2v) is 4.72. The number of methoxy groups -OCH3 is 1. The van der Waals surface area contributed by atoms with Crippen molar-refractivity contribution in [1.82, 2.24) is 4.90 Å². The summed E-state index contributed by atoms with van der Waals surface area (Å²) in [5.74, 6) is 1.34. The van der Waals surface area contributed by atoms with E-state index >= 15 is 0 Å². The van der Waals surface area contributed by atoms with Crippen LogP contribution in [0.3, 0.4) is 0 Å². The molecule has 0 spiro atoms. The summed E-state index contributed by atoms with van der Waals surface area (Å²) in [5.41, 5.74) is 0.974. The van der Waals surface area contributed by atoms with Gasteiger partial charge in [0, 0.05) is 18.7 Å². The van der Waals surface area contributed by atoms with Crippen molar-refractivity contribution in [1.29, 1.82) is 0 Å². The SMILES string of the molecule is COc1ccccc1C(C)N(C)C(=O)/C=C/c1ccco1. The number of likely N-dealkylation sites (N-methyl/N-ethyl adjacent to an activating group) is 1. The van der Waals surface area contributed by atoms with Gasteiger partial charge < -0.3 is 14.1 Å². The van der Waals surface area contributed by atoms with E-state index in [0.717, 1.165) is 11.3 Å². The summed E-state index contributed by atoms with van der Waals surface area (Å²) in [5, 5.41) is 0. The van der Waals surface area contributed by atoms with E-state index in [9.17, 15) is 4.79 Å². The van der Waals surface area contributed by atoms with Gasteiger partial charge in [-0.05, 0) is 31.2 Å². The maximum Gasteiger partial charge on any atom is 0.246 e. The van der Waals surface area contributed by atoms with E-state index in [1.54, 1.807) is 43.5 Å². The van der Waals surface area contributed by atoms with Gasteiger partial charge in [0.1, 0.15) is 11.5 Å². The van der Waals surface area contributed by atoms with Gasteiger partial charge in [-0.25, -0.2) is 0 Å². The lowest BCUT2D eigenvalue weighted by Gasteiger charge is -2.25. The van der Waals surface area contributed by atoms with Crippen LogP contribution in [0.4, 0.5) is 0 Å². The topological polar surface area (TPSA) is 42.7 Å². The fraction of sp³-hybridized carbons (Fsp3) is 0.235. The minimum absolute atomic E-state index is 0.0881. The lowest BCUT2D eigenvalue weighted by Crippen LogP contribution is -2.28. The molecule has 4 heteroatoms. The molecule has 1 amide bonds. The van der Waals surface area contributed by atoms with Crippen molar-refractivity contribution in [2.75, 3.05) is 14.2 Å². The van der Waals surface area contributed by atoms with Crippen molar-refractivity contribution in [2.45, 2.75) is 13.0 Å². The van der Waals surface area contributed by atoms with Crippen LogP contribution in [0.15, 0.2) is 53.2 Å². The van der Waals surface area contributed by atoms with Gasteiger partial charge in [0.25, 0.3) is 0 Å². The van der Waals surface area contributed by atoms with Crippen molar-refractivity contribution < 1.29 is 13.9 Å². The first-order valence-electron chi connectivity index (χ1n) is 6.74. The van der Waals surface area contributed by atoms with E-state index in [1.165, 1.54) is 6.08 Å². The number of carbonyl (C=O) groups excluding carboxylic acids is 1. The summed E-state index contributed by atoms with van der Waals surface area (Å²) >= 11 is 0. The van der Waals surface area contributed by atoms with Crippen LogP contribution in [0.25, 0.3) is 6.08 Å². The van der Waals surface area contributed by atoms with E-state index < -0.39 is 0 Å². The molecule has 4 nitrogen and oxygen atoms in total. The van der Waals surface area contributed by atoms with Crippen molar-refractivity contribution in [3.63, 3.8) is 0 Å². The zero-order valence-corrected chi connectivity index (χ0v) is 12.4. The highest BCUT2D eigenvalue weighted by Gasteiger charge is 2.18. The molecule has 0 fully saturated rings. The smallest absolute Gasteiger partial charge is 0.246 e. The Bertz CT molecular complexity index is 617. The third-order valence-corrected chi connectivity index (χ3v) is 3.45. The van der Waals surface area contributed by atoms with Crippen molar-refractivity contribution in [2.24, 2.45) is 0 Å². The molecular formula is C17H19NO3. The normalized spacial score (nSPS) is 12.3. The fourth-order valence-electron chi connectivity index (χ4n) is 2.07. The maximum absolute atomic E-state index is 12.2. The number of ether oxygens (including phenoxy) is 1. The van der Waals surface area contributed by atoms with E-state index in [4.69, 9.17) is 9.15 Å². The van der Waals surface area contributed by atoms with Crippen LogP contribution in [0.1, 0.15) is 24.3 Å². The zero-order chi connectivity index (χ0) is 15.2. The van der Waals surface area contributed by atoms with Gasteiger partial charge in [-0.2, -0.15) is 0 Å². The predicted octanol–water partition coefficient (Wildman–Crippen LogP) is 3.52. The number of amides is 1. The first-order valence-corrected chi connectivity index (χ1v) is 6.74. The number of benzene rings is 1. The van der Waals surface area contributed by atoms with Gasteiger partial charge in [0.2, 0.25) is 5.91 Å². The van der Waals surface area contributed by atoms with Crippen LogP contribution in [-0.4, -0.2) is 25.0 Å². The van der Waals surface area contributed by atoms with Crippen LogP contribution >= 0.6 is 0 Å². The maximum atomic E-state index is 12.2. The minimum atomic E-state index is -0.0928. The molecule has 0 radical (unpaired) electrons. The predicted molar refractivity (Wildman–Crippen MR) is 81.9 cm³/mol. The van der Waals surface area contributed by atoms with Crippen LogP contribution in [0.5, 0.6) is 5.75 Å². The molecule has 0 aliphatic carbocycles. The second kappa shape index (κ2) is 6.79. The average molecular weight is 285 g/mol. The molecular weight excluding hydrogens is 266 g/mol. The molecule has 2 rings (SSSR count). The minimum Gasteiger partial charge on any atom is -0.496 e. The third kappa shape index (κ3) is 3.54. The van der Waals surface area contributed by atoms with Gasteiger partial charge in [0.15, 0.2) is 0 Å². The summed E-state index contributed by atoms with van der Waals surface area (Å²) in [4.78, 5) is 13.9. The first kappa shape index (κ1) is 14.9. The van der Waals surface area contributed by atoms with Gasteiger partial charge in [-0.3, -0.25) is 4.79 Å². The summed E-state index contributed by atoms with van der Waals surface area (Å²) < 4.78 is 10.5. The Labute approximate surface area is 124 Å². The zero-order valence-electron chi connectivity index (χ0n) is 12.4.